The molecule has 0 amide bonds. The fourth-order valence-corrected chi connectivity index (χ4v) is 2.11. The number of carbonyl (C=O) groups excluding carboxylic acids is 1. The van der Waals surface area contributed by atoms with Crippen molar-refractivity contribution < 1.29 is 14.3 Å². The quantitative estimate of drug-likeness (QED) is 0.829. The van der Waals surface area contributed by atoms with Gasteiger partial charge in [-0.1, -0.05) is 36.4 Å². The molecule has 4 nitrogen and oxygen atoms in total. The van der Waals surface area contributed by atoms with Crippen molar-refractivity contribution in [2.75, 3.05) is 19.5 Å². The van der Waals surface area contributed by atoms with Gasteiger partial charge >= 0.3 is 5.97 Å². The fraction of sp³-hybridized carbons (Fsp3) is 0.235. The summed E-state index contributed by atoms with van der Waals surface area (Å²) in [5.41, 5.74) is 2.95. The molecular formula is C17H19NO3. The summed E-state index contributed by atoms with van der Waals surface area (Å²) in [6, 6.07) is 15.6. The van der Waals surface area contributed by atoms with Crippen LogP contribution in [0.15, 0.2) is 48.5 Å². The Hall–Kier alpha value is -2.49. The summed E-state index contributed by atoms with van der Waals surface area (Å²) < 4.78 is 10.0. The van der Waals surface area contributed by atoms with Gasteiger partial charge in [-0.15, -0.1) is 0 Å². The summed E-state index contributed by atoms with van der Waals surface area (Å²) in [5, 5.41) is 3.34. The smallest absolute Gasteiger partial charge is 0.309 e. The fourth-order valence-electron chi connectivity index (χ4n) is 2.11. The maximum Gasteiger partial charge on any atom is 0.309 e. The third-order valence-electron chi connectivity index (χ3n) is 3.26. The molecule has 4 heteroatoms. The summed E-state index contributed by atoms with van der Waals surface area (Å²) in [6.07, 6.45) is 0.278. The van der Waals surface area contributed by atoms with Crippen molar-refractivity contribution in [1.29, 1.82) is 0 Å². The molecule has 0 aliphatic carbocycles. The van der Waals surface area contributed by atoms with Crippen LogP contribution in [0, 0.1) is 0 Å². The minimum atomic E-state index is -0.236. The van der Waals surface area contributed by atoms with Gasteiger partial charge in [0.05, 0.1) is 26.3 Å². The largest absolute Gasteiger partial charge is 0.495 e. The summed E-state index contributed by atoms with van der Waals surface area (Å²) in [5.74, 6) is 0.558. The summed E-state index contributed by atoms with van der Waals surface area (Å²) in [7, 11) is 3.05. The van der Waals surface area contributed by atoms with Crippen LogP contribution in [-0.2, 0) is 22.5 Å². The van der Waals surface area contributed by atoms with Gasteiger partial charge in [0.1, 0.15) is 5.75 Å². The van der Waals surface area contributed by atoms with Gasteiger partial charge in [-0.2, -0.15) is 0 Å². The third kappa shape index (κ3) is 3.99. The minimum absolute atomic E-state index is 0.236. The van der Waals surface area contributed by atoms with Crippen LogP contribution < -0.4 is 10.1 Å². The van der Waals surface area contributed by atoms with Crippen molar-refractivity contribution in [2.45, 2.75) is 13.0 Å². The average Bonchev–Trinajstić information content (AvgIpc) is 2.54. The Morgan fingerprint density at radius 1 is 1.00 bits per heavy atom. The zero-order valence-electron chi connectivity index (χ0n) is 12.3. The van der Waals surface area contributed by atoms with E-state index in [1.54, 1.807) is 7.11 Å². The average molecular weight is 285 g/mol. The molecular weight excluding hydrogens is 266 g/mol. The third-order valence-corrected chi connectivity index (χ3v) is 3.26. The molecule has 1 N–H and O–H groups in total. The number of hydrogen-bond acceptors (Lipinski definition) is 4. The Morgan fingerprint density at radius 2 is 1.67 bits per heavy atom. The zero-order valence-corrected chi connectivity index (χ0v) is 12.3. The first kappa shape index (κ1) is 14.9. The summed E-state index contributed by atoms with van der Waals surface area (Å²) in [6.45, 7) is 0.619. The van der Waals surface area contributed by atoms with Crippen molar-refractivity contribution in [3.05, 3.63) is 59.7 Å². The highest BCUT2D eigenvalue weighted by Gasteiger charge is 2.08. The molecule has 0 spiro atoms. The van der Waals surface area contributed by atoms with Gasteiger partial charge < -0.3 is 14.8 Å². The van der Waals surface area contributed by atoms with Gasteiger partial charge in [-0.05, 0) is 23.3 Å². The molecule has 0 bridgehead atoms. The minimum Gasteiger partial charge on any atom is -0.495 e. The number of hydrogen-bond donors (Lipinski definition) is 1. The Morgan fingerprint density at radius 3 is 2.38 bits per heavy atom. The van der Waals surface area contributed by atoms with Crippen LogP contribution in [0.3, 0.4) is 0 Å². The number of esters is 1. The second-order valence-corrected chi connectivity index (χ2v) is 4.58. The number of rotatable bonds is 6. The molecule has 21 heavy (non-hydrogen) atoms. The van der Waals surface area contributed by atoms with E-state index in [9.17, 15) is 4.79 Å². The molecule has 2 rings (SSSR count). The highest BCUT2D eigenvalue weighted by molar-refractivity contribution is 5.73. The van der Waals surface area contributed by atoms with Gasteiger partial charge in [0.15, 0.2) is 0 Å². The van der Waals surface area contributed by atoms with Crippen LogP contribution in [0.5, 0.6) is 5.75 Å². The standard InChI is InChI=1S/C17H19NO3/c1-20-16-10-6-5-9-15(16)18-12-14-8-4-3-7-13(14)11-17(19)21-2/h3-10,18H,11-12H2,1-2H3. The van der Waals surface area contributed by atoms with E-state index in [-0.39, 0.29) is 12.4 Å². The molecule has 0 aliphatic heterocycles. The molecule has 0 unspecified atom stereocenters. The molecule has 110 valence electrons. The number of methoxy groups -OCH3 is 2. The Labute approximate surface area is 124 Å². The second kappa shape index (κ2) is 7.33. The van der Waals surface area contributed by atoms with E-state index in [2.05, 4.69) is 5.32 Å². The molecule has 0 saturated carbocycles. The second-order valence-electron chi connectivity index (χ2n) is 4.58. The molecule has 2 aromatic carbocycles. The number of nitrogens with one attached hydrogen (secondary N) is 1. The highest BCUT2D eigenvalue weighted by atomic mass is 16.5. The number of benzene rings is 2. The molecule has 0 aliphatic rings. The van der Waals surface area contributed by atoms with Crippen LogP contribution >= 0.6 is 0 Å². The van der Waals surface area contributed by atoms with E-state index in [1.807, 2.05) is 48.5 Å². The number of carbonyl (C=O) groups is 1. The SMILES string of the molecule is COC(=O)Cc1ccccc1CNc1ccccc1OC. The van der Waals surface area contributed by atoms with E-state index in [4.69, 9.17) is 9.47 Å². The first-order valence-corrected chi connectivity index (χ1v) is 6.75. The molecule has 0 heterocycles. The maximum atomic E-state index is 11.4. The van der Waals surface area contributed by atoms with Crippen LogP contribution in [0.4, 0.5) is 5.69 Å². The maximum absolute atomic E-state index is 11.4. The lowest BCUT2D eigenvalue weighted by molar-refractivity contribution is -0.139. The number of anilines is 1. The van der Waals surface area contributed by atoms with E-state index in [0.29, 0.717) is 6.54 Å². The lowest BCUT2D eigenvalue weighted by atomic mass is 10.0. The number of para-hydroxylation sites is 2. The highest BCUT2D eigenvalue weighted by Crippen LogP contribution is 2.24. The van der Waals surface area contributed by atoms with Crippen molar-refractivity contribution in [3.63, 3.8) is 0 Å². The Bertz CT molecular complexity index is 610. The van der Waals surface area contributed by atoms with Crippen LogP contribution in [0.25, 0.3) is 0 Å². The van der Waals surface area contributed by atoms with E-state index in [0.717, 1.165) is 22.6 Å². The predicted molar refractivity (Wildman–Crippen MR) is 82.5 cm³/mol. The van der Waals surface area contributed by atoms with Gasteiger partial charge in [0.25, 0.3) is 0 Å². The van der Waals surface area contributed by atoms with Crippen molar-refractivity contribution >= 4 is 11.7 Å². The monoisotopic (exact) mass is 285 g/mol. The van der Waals surface area contributed by atoms with Gasteiger partial charge in [0, 0.05) is 6.54 Å². The van der Waals surface area contributed by atoms with Crippen LogP contribution in [0.2, 0.25) is 0 Å². The van der Waals surface area contributed by atoms with E-state index >= 15 is 0 Å². The van der Waals surface area contributed by atoms with Crippen LogP contribution in [-0.4, -0.2) is 20.2 Å². The zero-order chi connectivity index (χ0) is 15.1. The summed E-state index contributed by atoms with van der Waals surface area (Å²) >= 11 is 0. The van der Waals surface area contributed by atoms with Crippen molar-refractivity contribution in [3.8, 4) is 5.75 Å². The number of ether oxygens (including phenoxy) is 2. The molecule has 0 atom stereocenters. The Balaban J connectivity index is 2.11. The molecule has 0 radical (unpaired) electrons. The topological polar surface area (TPSA) is 47.6 Å². The lowest BCUT2D eigenvalue weighted by Gasteiger charge is -2.13. The first-order valence-electron chi connectivity index (χ1n) is 6.75. The van der Waals surface area contributed by atoms with Gasteiger partial charge in [-0.25, -0.2) is 0 Å². The predicted octanol–water partition coefficient (Wildman–Crippen LogP) is 3.02. The van der Waals surface area contributed by atoms with E-state index < -0.39 is 0 Å². The molecule has 2 aromatic rings. The molecule has 0 aromatic heterocycles. The normalized spacial score (nSPS) is 10.0. The molecule has 0 fully saturated rings. The van der Waals surface area contributed by atoms with Gasteiger partial charge in [-0.3, -0.25) is 4.79 Å². The lowest BCUT2D eigenvalue weighted by Crippen LogP contribution is -2.09. The van der Waals surface area contributed by atoms with Crippen LogP contribution in [0.1, 0.15) is 11.1 Å². The van der Waals surface area contributed by atoms with Crippen molar-refractivity contribution in [2.24, 2.45) is 0 Å². The van der Waals surface area contributed by atoms with Gasteiger partial charge in [0.2, 0.25) is 0 Å². The molecule has 0 saturated heterocycles. The van der Waals surface area contributed by atoms with Crippen molar-refractivity contribution in [1.82, 2.24) is 0 Å². The first-order chi connectivity index (χ1) is 10.2. The Kier molecular flexibility index (Phi) is 5.21. The summed E-state index contributed by atoms with van der Waals surface area (Å²) in [4.78, 5) is 11.4. The van der Waals surface area contributed by atoms with E-state index in [1.165, 1.54) is 7.11 Å².